The van der Waals surface area contributed by atoms with Gasteiger partial charge < -0.3 is 14.1 Å². The van der Waals surface area contributed by atoms with Gasteiger partial charge in [0.25, 0.3) is 0 Å². The minimum Gasteiger partial charge on any atom is -0.455 e. The SMILES string of the molecule is c1ccc(-c2ccc3c(c2)Oc2cc(-c4ccccc4)ccc2N3c2ccc(-c3cccc4c3oc3ccccc34)cc2)cc1. The number of anilines is 3. The van der Waals surface area contributed by atoms with Crippen LogP contribution in [0.5, 0.6) is 11.5 Å². The molecular formula is C42H27NO2. The van der Waals surface area contributed by atoms with Crippen molar-refractivity contribution in [3.05, 3.63) is 164 Å². The summed E-state index contributed by atoms with van der Waals surface area (Å²) in [6.45, 7) is 0. The van der Waals surface area contributed by atoms with Gasteiger partial charge in [0.1, 0.15) is 11.2 Å². The quantitative estimate of drug-likeness (QED) is 0.208. The van der Waals surface area contributed by atoms with Crippen LogP contribution in [0.2, 0.25) is 0 Å². The molecule has 0 saturated carbocycles. The monoisotopic (exact) mass is 577 g/mol. The summed E-state index contributed by atoms with van der Waals surface area (Å²) in [5, 5.41) is 2.27. The molecule has 212 valence electrons. The molecule has 0 amide bonds. The van der Waals surface area contributed by atoms with E-state index in [-0.39, 0.29) is 0 Å². The first-order valence-electron chi connectivity index (χ1n) is 15.2. The van der Waals surface area contributed by atoms with Gasteiger partial charge >= 0.3 is 0 Å². The number of hydrogen-bond acceptors (Lipinski definition) is 3. The van der Waals surface area contributed by atoms with Gasteiger partial charge in [-0.05, 0) is 70.3 Å². The van der Waals surface area contributed by atoms with Gasteiger partial charge in [0.2, 0.25) is 0 Å². The molecule has 0 N–H and O–H groups in total. The molecule has 7 aromatic carbocycles. The Morgan fingerprint density at radius 1 is 0.400 bits per heavy atom. The lowest BCUT2D eigenvalue weighted by atomic mass is 10.00. The maximum absolute atomic E-state index is 6.67. The molecule has 0 saturated heterocycles. The summed E-state index contributed by atoms with van der Waals surface area (Å²) in [6.07, 6.45) is 0. The molecular weight excluding hydrogens is 550 g/mol. The molecule has 45 heavy (non-hydrogen) atoms. The highest BCUT2D eigenvalue weighted by Gasteiger charge is 2.27. The second-order valence-electron chi connectivity index (χ2n) is 11.4. The molecule has 0 bridgehead atoms. The second-order valence-corrected chi connectivity index (χ2v) is 11.4. The molecule has 3 heteroatoms. The summed E-state index contributed by atoms with van der Waals surface area (Å²) in [7, 11) is 0. The fourth-order valence-corrected chi connectivity index (χ4v) is 6.47. The second kappa shape index (κ2) is 10.3. The predicted octanol–water partition coefficient (Wildman–Crippen LogP) is 12.2. The van der Waals surface area contributed by atoms with Gasteiger partial charge in [-0.15, -0.1) is 0 Å². The molecule has 0 unspecified atom stereocenters. The predicted molar refractivity (Wildman–Crippen MR) is 185 cm³/mol. The highest BCUT2D eigenvalue weighted by molar-refractivity contribution is 6.09. The minimum absolute atomic E-state index is 0.824. The maximum atomic E-state index is 6.67. The Kier molecular flexibility index (Phi) is 5.82. The molecule has 1 aliphatic rings. The van der Waals surface area contributed by atoms with Gasteiger partial charge in [0, 0.05) is 22.0 Å². The Balaban J connectivity index is 1.17. The van der Waals surface area contributed by atoms with E-state index in [2.05, 4.69) is 144 Å². The topological polar surface area (TPSA) is 25.6 Å². The van der Waals surface area contributed by atoms with Crippen molar-refractivity contribution in [1.82, 2.24) is 0 Å². The lowest BCUT2D eigenvalue weighted by Crippen LogP contribution is -2.16. The molecule has 2 heterocycles. The van der Waals surface area contributed by atoms with E-state index in [0.717, 1.165) is 83.9 Å². The van der Waals surface area contributed by atoms with Gasteiger partial charge in [-0.25, -0.2) is 0 Å². The van der Waals surface area contributed by atoms with Gasteiger partial charge in [-0.3, -0.25) is 0 Å². The number of para-hydroxylation sites is 2. The lowest BCUT2D eigenvalue weighted by molar-refractivity contribution is 0.477. The summed E-state index contributed by atoms with van der Waals surface area (Å²) < 4.78 is 13.0. The summed E-state index contributed by atoms with van der Waals surface area (Å²) in [4.78, 5) is 2.29. The normalized spacial score (nSPS) is 12.1. The number of ether oxygens (including phenoxy) is 1. The van der Waals surface area contributed by atoms with Crippen molar-refractivity contribution in [3.8, 4) is 44.9 Å². The molecule has 0 spiro atoms. The van der Waals surface area contributed by atoms with Gasteiger partial charge in [0.05, 0.1) is 11.4 Å². The number of furan rings is 1. The van der Waals surface area contributed by atoms with Crippen LogP contribution in [-0.4, -0.2) is 0 Å². The van der Waals surface area contributed by atoms with E-state index in [1.54, 1.807) is 0 Å². The van der Waals surface area contributed by atoms with Crippen molar-refractivity contribution < 1.29 is 9.15 Å². The molecule has 0 atom stereocenters. The number of fused-ring (bicyclic) bond motifs is 5. The Labute approximate surface area is 261 Å². The highest BCUT2D eigenvalue weighted by atomic mass is 16.5. The first kappa shape index (κ1) is 25.4. The van der Waals surface area contributed by atoms with Crippen molar-refractivity contribution in [2.75, 3.05) is 4.90 Å². The molecule has 3 nitrogen and oxygen atoms in total. The first-order chi connectivity index (χ1) is 22.3. The van der Waals surface area contributed by atoms with Gasteiger partial charge in [-0.2, -0.15) is 0 Å². The summed E-state index contributed by atoms with van der Waals surface area (Å²) >= 11 is 0. The zero-order valence-corrected chi connectivity index (χ0v) is 24.4. The van der Waals surface area contributed by atoms with Crippen molar-refractivity contribution in [2.24, 2.45) is 0 Å². The van der Waals surface area contributed by atoms with Crippen molar-refractivity contribution >= 4 is 39.0 Å². The van der Waals surface area contributed by atoms with E-state index in [1.807, 2.05) is 24.3 Å². The molecule has 9 rings (SSSR count). The molecule has 1 aromatic heterocycles. The Morgan fingerprint density at radius 3 is 1.60 bits per heavy atom. The Hall–Kier alpha value is -6.06. The molecule has 1 aliphatic heterocycles. The maximum Gasteiger partial charge on any atom is 0.152 e. The van der Waals surface area contributed by atoms with E-state index in [4.69, 9.17) is 9.15 Å². The largest absolute Gasteiger partial charge is 0.455 e. The number of hydrogen-bond donors (Lipinski definition) is 0. The fraction of sp³-hybridized carbons (Fsp3) is 0. The van der Waals surface area contributed by atoms with Crippen LogP contribution in [0.3, 0.4) is 0 Å². The van der Waals surface area contributed by atoms with E-state index in [1.165, 1.54) is 0 Å². The van der Waals surface area contributed by atoms with E-state index in [9.17, 15) is 0 Å². The average molecular weight is 578 g/mol. The standard InChI is InChI=1S/C42H27NO2/c1-3-10-28(11-4-1)31-20-24-37-40(26-31)44-41-27-32(29-12-5-2-6-13-29)21-25-38(41)43(37)33-22-18-30(19-23-33)34-15-9-16-36-35-14-7-8-17-39(35)45-42(34)36/h1-27H. The van der Waals surface area contributed by atoms with Crippen LogP contribution >= 0.6 is 0 Å². The molecule has 0 radical (unpaired) electrons. The highest BCUT2D eigenvalue weighted by Crippen LogP contribution is 2.52. The summed E-state index contributed by atoms with van der Waals surface area (Å²) in [6, 6.07) is 57.2. The number of nitrogens with zero attached hydrogens (tertiary/aromatic N) is 1. The Morgan fingerprint density at radius 2 is 0.956 bits per heavy atom. The molecule has 0 aliphatic carbocycles. The third-order valence-corrected chi connectivity index (χ3v) is 8.68. The van der Waals surface area contributed by atoms with E-state index >= 15 is 0 Å². The van der Waals surface area contributed by atoms with Crippen LogP contribution in [0.1, 0.15) is 0 Å². The summed E-state index contributed by atoms with van der Waals surface area (Å²) in [5.41, 5.74) is 11.6. The van der Waals surface area contributed by atoms with Crippen LogP contribution in [0.25, 0.3) is 55.3 Å². The molecule has 8 aromatic rings. The number of rotatable bonds is 4. The van der Waals surface area contributed by atoms with Gasteiger partial charge in [0.15, 0.2) is 11.5 Å². The van der Waals surface area contributed by atoms with Crippen LogP contribution in [0, 0.1) is 0 Å². The lowest BCUT2D eigenvalue weighted by Gasteiger charge is -2.33. The van der Waals surface area contributed by atoms with E-state index in [0.29, 0.717) is 0 Å². The zero-order chi connectivity index (χ0) is 29.7. The van der Waals surface area contributed by atoms with Crippen LogP contribution in [-0.2, 0) is 0 Å². The molecule has 0 fully saturated rings. The average Bonchev–Trinajstić information content (AvgIpc) is 3.50. The third-order valence-electron chi connectivity index (χ3n) is 8.68. The Bertz CT molecular complexity index is 2250. The third kappa shape index (κ3) is 4.29. The van der Waals surface area contributed by atoms with Crippen LogP contribution < -0.4 is 9.64 Å². The van der Waals surface area contributed by atoms with E-state index < -0.39 is 0 Å². The van der Waals surface area contributed by atoms with Crippen LogP contribution in [0.4, 0.5) is 17.1 Å². The van der Waals surface area contributed by atoms with Crippen molar-refractivity contribution in [1.29, 1.82) is 0 Å². The zero-order valence-electron chi connectivity index (χ0n) is 24.4. The minimum atomic E-state index is 0.824. The first-order valence-corrected chi connectivity index (χ1v) is 15.2. The number of benzene rings is 7. The fourth-order valence-electron chi connectivity index (χ4n) is 6.47. The summed E-state index contributed by atoms with van der Waals surface area (Å²) in [5.74, 6) is 1.65. The van der Waals surface area contributed by atoms with Crippen molar-refractivity contribution in [2.45, 2.75) is 0 Å². The van der Waals surface area contributed by atoms with Gasteiger partial charge in [-0.1, -0.05) is 121 Å². The van der Waals surface area contributed by atoms with Crippen LogP contribution in [0.15, 0.2) is 168 Å². The smallest absolute Gasteiger partial charge is 0.152 e. The van der Waals surface area contributed by atoms with Crippen molar-refractivity contribution in [3.63, 3.8) is 0 Å².